The predicted molar refractivity (Wildman–Crippen MR) is 67.5 cm³/mol. The van der Waals surface area contributed by atoms with Gasteiger partial charge in [0.2, 0.25) is 0 Å². The maximum atomic E-state index is 12.1. The molecule has 0 unspecified atom stereocenters. The normalized spacial score (nSPS) is 33.1. The molecule has 0 amide bonds. The summed E-state index contributed by atoms with van der Waals surface area (Å²) < 4.78 is 5.62. The van der Waals surface area contributed by atoms with E-state index in [0.717, 1.165) is 44.4 Å². The molecule has 0 aromatic rings. The Morgan fingerprint density at radius 1 is 1.12 bits per heavy atom. The fraction of sp³-hybridized carbons (Fsp3) is 0.929. The summed E-state index contributed by atoms with van der Waals surface area (Å²) >= 11 is 0. The molecule has 0 aromatic heterocycles. The lowest BCUT2D eigenvalue weighted by Gasteiger charge is -2.34. The molecule has 2 saturated carbocycles. The largest absolute Gasteiger partial charge is 0.461 e. The Bertz CT molecular complexity index is 263. The van der Waals surface area contributed by atoms with Crippen molar-refractivity contribution in [3.05, 3.63) is 0 Å². The van der Waals surface area contributed by atoms with Gasteiger partial charge in [-0.2, -0.15) is 0 Å². The first kappa shape index (κ1) is 12.9. The van der Waals surface area contributed by atoms with Crippen LogP contribution in [0.4, 0.5) is 0 Å². The molecule has 0 bridgehead atoms. The summed E-state index contributed by atoms with van der Waals surface area (Å²) in [6, 6.07) is 0. The molecule has 0 saturated heterocycles. The van der Waals surface area contributed by atoms with Crippen molar-refractivity contribution < 1.29 is 9.53 Å². The number of hydrogen-bond donors (Lipinski definition) is 1. The number of carbonyl (C=O) groups is 1. The fourth-order valence-corrected chi connectivity index (χ4v) is 3.00. The third-order valence-electron chi connectivity index (χ3n) is 4.39. The van der Waals surface area contributed by atoms with Crippen LogP contribution in [-0.2, 0) is 9.53 Å². The summed E-state index contributed by atoms with van der Waals surface area (Å²) in [5, 5.41) is 0. The average molecular weight is 239 g/mol. The highest BCUT2D eigenvalue weighted by molar-refractivity contribution is 5.80. The SMILES string of the molecule is CC1CCC(OC(=O)C2(N)CCCCC2)CC1. The summed E-state index contributed by atoms with van der Waals surface area (Å²) in [5.74, 6) is 0.642. The molecule has 3 nitrogen and oxygen atoms in total. The van der Waals surface area contributed by atoms with Crippen molar-refractivity contribution in [2.45, 2.75) is 76.4 Å². The molecule has 0 aliphatic heterocycles. The van der Waals surface area contributed by atoms with Gasteiger partial charge in [-0.05, 0) is 44.4 Å². The summed E-state index contributed by atoms with van der Waals surface area (Å²) in [4.78, 5) is 12.1. The molecule has 3 heteroatoms. The van der Waals surface area contributed by atoms with Crippen LogP contribution in [0.1, 0.15) is 64.7 Å². The van der Waals surface area contributed by atoms with Crippen molar-refractivity contribution in [3.63, 3.8) is 0 Å². The molecule has 0 radical (unpaired) electrons. The minimum atomic E-state index is -0.679. The zero-order chi connectivity index (χ0) is 12.3. The number of rotatable bonds is 2. The van der Waals surface area contributed by atoms with Crippen LogP contribution in [0.3, 0.4) is 0 Å². The molecular weight excluding hydrogens is 214 g/mol. The average Bonchev–Trinajstić information content (AvgIpc) is 2.33. The Labute approximate surface area is 104 Å². The molecular formula is C14H25NO2. The van der Waals surface area contributed by atoms with Gasteiger partial charge in [-0.15, -0.1) is 0 Å². The van der Waals surface area contributed by atoms with Gasteiger partial charge < -0.3 is 10.5 Å². The first-order valence-electron chi connectivity index (χ1n) is 7.10. The second-order valence-electron chi connectivity index (χ2n) is 6.00. The maximum absolute atomic E-state index is 12.1. The van der Waals surface area contributed by atoms with Crippen LogP contribution in [0.25, 0.3) is 0 Å². The Balaban J connectivity index is 1.83. The molecule has 17 heavy (non-hydrogen) atoms. The molecule has 0 aromatic carbocycles. The molecule has 0 spiro atoms. The zero-order valence-corrected chi connectivity index (χ0v) is 10.9. The smallest absolute Gasteiger partial charge is 0.326 e. The Morgan fingerprint density at radius 3 is 2.29 bits per heavy atom. The van der Waals surface area contributed by atoms with E-state index < -0.39 is 5.54 Å². The lowest BCUT2D eigenvalue weighted by atomic mass is 9.82. The lowest BCUT2D eigenvalue weighted by Crippen LogP contribution is -2.51. The molecule has 2 aliphatic carbocycles. The number of hydrogen-bond acceptors (Lipinski definition) is 3. The molecule has 0 atom stereocenters. The summed E-state index contributed by atoms with van der Waals surface area (Å²) in [6.07, 6.45) is 9.44. The van der Waals surface area contributed by atoms with Crippen LogP contribution in [0, 0.1) is 5.92 Å². The number of carbonyl (C=O) groups excluding carboxylic acids is 1. The van der Waals surface area contributed by atoms with E-state index in [1.165, 1.54) is 19.3 Å². The van der Waals surface area contributed by atoms with Gasteiger partial charge in [0.15, 0.2) is 0 Å². The molecule has 2 aliphatic rings. The minimum absolute atomic E-state index is 0.126. The molecule has 0 heterocycles. The summed E-state index contributed by atoms with van der Waals surface area (Å²) in [6.45, 7) is 2.27. The number of esters is 1. The summed E-state index contributed by atoms with van der Waals surface area (Å²) in [7, 11) is 0. The van der Waals surface area contributed by atoms with Crippen molar-refractivity contribution in [2.75, 3.05) is 0 Å². The highest BCUT2D eigenvalue weighted by Crippen LogP contribution is 2.30. The Kier molecular flexibility index (Phi) is 4.08. The number of ether oxygens (including phenoxy) is 1. The van der Waals surface area contributed by atoms with E-state index in [-0.39, 0.29) is 12.1 Å². The predicted octanol–water partition coefficient (Wildman–Crippen LogP) is 2.77. The third-order valence-corrected chi connectivity index (χ3v) is 4.39. The van der Waals surface area contributed by atoms with Crippen LogP contribution >= 0.6 is 0 Å². The molecule has 98 valence electrons. The second-order valence-corrected chi connectivity index (χ2v) is 6.00. The Morgan fingerprint density at radius 2 is 1.71 bits per heavy atom. The molecule has 2 N–H and O–H groups in total. The van der Waals surface area contributed by atoms with Gasteiger partial charge >= 0.3 is 5.97 Å². The minimum Gasteiger partial charge on any atom is -0.461 e. The van der Waals surface area contributed by atoms with E-state index in [4.69, 9.17) is 10.5 Å². The van der Waals surface area contributed by atoms with Crippen LogP contribution in [0.15, 0.2) is 0 Å². The van der Waals surface area contributed by atoms with E-state index in [0.29, 0.717) is 0 Å². The van der Waals surface area contributed by atoms with Crippen LogP contribution in [0.5, 0.6) is 0 Å². The van der Waals surface area contributed by atoms with Gasteiger partial charge in [-0.1, -0.05) is 26.2 Å². The molecule has 2 fully saturated rings. The maximum Gasteiger partial charge on any atom is 0.326 e. The van der Waals surface area contributed by atoms with Crippen molar-refractivity contribution in [2.24, 2.45) is 11.7 Å². The topological polar surface area (TPSA) is 52.3 Å². The highest BCUT2D eigenvalue weighted by Gasteiger charge is 2.38. The van der Waals surface area contributed by atoms with E-state index in [9.17, 15) is 4.79 Å². The monoisotopic (exact) mass is 239 g/mol. The Hall–Kier alpha value is -0.570. The van der Waals surface area contributed by atoms with Gasteiger partial charge in [-0.25, -0.2) is 0 Å². The first-order valence-corrected chi connectivity index (χ1v) is 7.10. The third kappa shape index (κ3) is 3.21. The van der Waals surface area contributed by atoms with Gasteiger partial charge in [0, 0.05) is 0 Å². The van der Waals surface area contributed by atoms with Gasteiger partial charge in [0.05, 0.1) is 0 Å². The van der Waals surface area contributed by atoms with Crippen molar-refractivity contribution in [3.8, 4) is 0 Å². The quantitative estimate of drug-likeness (QED) is 0.754. The van der Waals surface area contributed by atoms with Crippen LogP contribution < -0.4 is 5.73 Å². The molecule has 2 rings (SSSR count). The highest BCUT2D eigenvalue weighted by atomic mass is 16.5. The second kappa shape index (κ2) is 5.38. The summed E-state index contributed by atoms with van der Waals surface area (Å²) in [5.41, 5.74) is 5.49. The van der Waals surface area contributed by atoms with Crippen molar-refractivity contribution in [1.82, 2.24) is 0 Å². The van der Waals surface area contributed by atoms with Gasteiger partial charge in [-0.3, -0.25) is 4.79 Å². The number of nitrogens with two attached hydrogens (primary N) is 1. The van der Waals surface area contributed by atoms with E-state index in [1.807, 2.05) is 0 Å². The van der Waals surface area contributed by atoms with E-state index in [1.54, 1.807) is 0 Å². The standard InChI is InChI=1S/C14H25NO2/c1-11-5-7-12(8-6-11)17-13(16)14(15)9-3-2-4-10-14/h11-12H,2-10,15H2,1H3. The lowest BCUT2D eigenvalue weighted by molar-refractivity contribution is -0.159. The van der Waals surface area contributed by atoms with Crippen molar-refractivity contribution in [1.29, 1.82) is 0 Å². The fourth-order valence-electron chi connectivity index (χ4n) is 3.00. The van der Waals surface area contributed by atoms with Gasteiger partial charge in [0.1, 0.15) is 11.6 Å². The van der Waals surface area contributed by atoms with Gasteiger partial charge in [0.25, 0.3) is 0 Å². The first-order chi connectivity index (χ1) is 8.10. The van der Waals surface area contributed by atoms with E-state index in [2.05, 4.69) is 6.92 Å². The van der Waals surface area contributed by atoms with Crippen LogP contribution in [0.2, 0.25) is 0 Å². The van der Waals surface area contributed by atoms with Crippen molar-refractivity contribution >= 4 is 5.97 Å². The zero-order valence-electron chi connectivity index (χ0n) is 10.9. The van der Waals surface area contributed by atoms with E-state index >= 15 is 0 Å². The van der Waals surface area contributed by atoms with Crippen LogP contribution in [-0.4, -0.2) is 17.6 Å².